The van der Waals surface area contributed by atoms with Crippen molar-refractivity contribution < 1.29 is 24.0 Å². The zero-order chi connectivity index (χ0) is 20.4. The number of likely N-dealkylation sites (N-methyl/N-ethyl adjacent to an activating group) is 1. The molecule has 1 heterocycles. The Morgan fingerprint density at radius 2 is 1.93 bits per heavy atom. The van der Waals surface area contributed by atoms with Gasteiger partial charge in [0.1, 0.15) is 0 Å². The highest BCUT2D eigenvalue weighted by atomic mass is 32.2. The Kier molecular flexibility index (Phi) is 5.46. The minimum atomic E-state index is -0.819. The molecule has 3 rings (SSSR count). The third-order valence-electron chi connectivity index (χ3n) is 4.42. The van der Waals surface area contributed by atoms with E-state index in [-0.39, 0.29) is 23.6 Å². The molecule has 1 amide bonds. The van der Waals surface area contributed by atoms with Gasteiger partial charge < -0.3 is 9.64 Å². The van der Waals surface area contributed by atoms with Crippen LogP contribution >= 0.6 is 11.8 Å². The molecule has 9 heteroatoms. The van der Waals surface area contributed by atoms with Crippen molar-refractivity contribution in [3.63, 3.8) is 0 Å². The number of benzene rings is 2. The smallest absolute Gasteiger partial charge is 0.338 e. The Morgan fingerprint density at radius 1 is 1.21 bits per heavy atom. The largest absolute Gasteiger partial charge is 0.454 e. The molecule has 2 aromatic carbocycles. The number of nitrogens with zero attached hydrogens (tertiary/aromatic N) is 2. The lowest BCUT2D eigenvalue weighted by molar-refractivity contribution is -0.387. The highest BCUT2D eigenvalue weighted by Crippen LogP contribution is 2.29. The van der Waals surface area contributed by atoms with E-state index in [2.05, 4.69) is 0 Å². The second-order valence-electron chi connectivity index (χ2n) is 6.12. The number of Topliss-reactive ketones (excluding diaryl/α,β-unsaturated/α-hetero) is 1. The van der Waals surface area contributed by atoms with Crippen LogP contribution in [0.25, 0.3) is 0 Å². The van der Waals surface area contributed by atoms with Gasteiger partial charge in [0.25, 0.3) is 5.69 Å². The van der Waals surface area contributed by atoms with Gasteiger partial charge in [0.05, 0.1) is 21.8 Å². The highest BCUT2D eigenvalue weighted by molar-refractivity contribution is 7.98. The summed E-state index contributed by atoms with van der Waals surface area (Å²) in [5.41, 5.74) is 1.63. The summed E-state index contributed by atoms with van der Waals surface area (Å²) < 4.78 is 5.02. The van der Waals surface area contributed by atoms with Gasteiger partial charge in [-0.1, -0.05) is 0 Å². The number of anilines is 1. The summed E-state index contributed by atoms with van der Waals surface area (Å²) in [7, 11) is 1.67. The quantitative estimate of drug-likeness (QED) is 0.241. The minimum absolute atomic E-state index is 0.00141. The number of thioether (sulfide) groups is 1. The van der Waals surface area contributed by atoms with Crippen LogP contribution in [0.3, 0.4) is 0 Å². The van der Waals surface area contributed by atoms with Gasteiger partial charge in [0.15, 0.2) is 12.4 Å². The summed E-state index contributed by atoms with van der Waals surface area (Å²) in [5.74, 6) is -1.30. The second kappa shape index (κ2) is 7.81. The Labute approximate surface area is 164 Å². The van der Waals surface area contributed by atoms with E-state index in [0.29, 0.717) is 10.5 Å². The van der Waals surface area contributed by atoms with Crippen LogP contribution in [0, 0.1) is 10.1 Å². The summed E-state index contributed by atoms with van der Waals surface area (Å²) in [6, 6.07) is 8.89. The molecule has 0 atom stereocenters. The van der Waals surface area contributed by atoms with Crippen molar-refractivity contribution in [1.29, 1.82) is 0 Å². The molecule has 1 aliphatic heterocycles. The highest BCUT2D eigenvalue weighted by Gasteiger charge is 2.25. The van der Waals surface area contributed by atoms with Gasteiger partial charge in [-0.15, -0.1) is 11.8 Å². The minimum Gasteiger partial charge on any atom is -0.454 e. The standard InChI is InChI=1S/C19H16N2O6S/c1-20-14-5-3-11(7-13(14)9-18(20)23)16(22)10-27-19(24)12-4-6-17(28-2)15(8-12)21(25)26/h3-8H,9-10H2,1-2H3. The number of ketones is 1. The van der Waals surface area contributed by atoms with Crippen molar-refractivity contribution in [2.45, 2.75) is 11.3 Å². The number of nitro benzene ring substituents is 1. The zero-order valence-electron chi connectivity index (χ0n) is 15.1. The first-order valence-corrected chi connectivity index (χ1v) is 9.46. The fourth-order valence-electron chi connectivity index (χ4n) is 2.90. The van der Waals surface area contributed by atoms with Crippen LogP contribution < -0.4 is 4.90 Å². The first-order chi connectivity index (χ1) is 13.3. The predicted octanol–water partition coefficient (Wildman–Crippen LogP) is 2.88. The molecule has 0 fully saturated rings. The third kappa shape index (κ3) is 3.74. The van der Waals surface area contributed by atoms with Crippen LogP contribution in [-0.2, 0) is 16.0 Å². The molecule has 0 spiro atoms. The number of hydrogen-bond donors (Lipinski definition) is 0. The summed E-state index contributed by atoms with van der Waals surface area (Å²) in [4.78, 5) is 48.7. The van der Waals surface area contributed by atoms with Crippen LogP contribution in [0.4, 0.5) is 11.4 Å². The van der Waals surface area contributed by atoms with Crippen LogP contribution in [0.1, 0.15) is 26.3 Å². The molecular weight excluding hydrogens is 384 g/mol. The van der Waals surface area contributed by atoms with E-state index in [1.807, 2.05) is 0 Å². The van der Waals surface area contributed by atoms with E-state index in [0.717, 1.165) is 17.3 Å². The number of carbonyl (C=O) groups excluding carboxylic acids is 3. The molecule has 0 unspecified atom stereocenters. The van der Waals surface area contributed by atoms with Crippen molar-refractivity contribution in [1.82, 2.24) is 0 Å². The maximum absolute atomic E-state index is 12.3. The molecule has 0 N–H and O–H groups in total. The van der Waals surface area contributed by atoms with Gasteiger partial charge in [-0.25, -0.2) is 4.79 Å². The average molecular weight is 400 g/mol. The number of esters is 1. The van der Waals surface area contributed by atoms with Gasteiger partial charge in [-0.3, -0.25) is 19.7 Å². The van der Waals surface area contributed by atoms with Gasteiger partial charge in [-0.2, -0.15) is 0 Å². The average Bonchev–Trinajstić information content (AvgIpc) is 2.98. The second-order valence-corrected chi connectivity index (χ2v) is 6.96. The molecule has 0 saturated heterocycles. The van der Waals surface area contributed by atoms with Crippen molar-refractivity contribution in [2.24, 2.45) is 0 Å². The number of fused-ring (bicyclic) bond motifs is 1. The molecular formula is C19H16N2O6S. The van der Waals surface area contributed by atoms with Crippen molar-refractivity contribution in [3.05, 3.63) is 63.2 Å². The van der Waals surface area contributed by atoms with Gasteiger partial charge >= 0.3 is 5.97 Å². The molecule has 28 heavy (non-hydrogen) atoms. The first kappa shape index (κ1) is 19.6. The zero-order valence-corrected chi connectivity index (χ0v) is 15.9. The SMILES string of the molecule is CSc1ccc(C(=O)OCC(=O)c2ccc3c(c2)CC(=O)N3C)cc1[N+](=O)[O-]. The predicted molar refractivity (Wildman–Crippen MR) is 103 cm³/mol. The topological polar surface area (TPSA) is 107 Å². The third-order valence-corrected chi connectivity index (χ3v) is 5.21. The molecule has 144 valence electrons. The molecule has 1 aliphatic rings. The van der Waals surface area contributed by atoms with Crippen LogP contribution in [-0.4, -0.2) is 42.5 Å². The lowest BCUT2D eigenvalue weighted by Crippen LogP contribution is -2.20. The molecule has 0 bridgehead atoms. The van der Waals surface area contributed by atoms with E-state index in [1.54, 1.807) is 31.5 Å². The number of hydrogen-bond acceptors (Lipinski definition) is 7. The summed E-state index contributed by atoms with van der Waals surface area (Å²) in [6.45, 7) is -0.501. The van der Waals surface area contributed by atoms with Gasteiger partial charge in [-0.05, 0) is 42.2 Å². The number of carbonyl (C=O) groups is 3. The maximum Gasteiger partial charge on any atom is 0.338 e. The van der Waals surface area contributed by atoms with Crippen LogP contribution in [0.5, 0.6) is 0 Å². The van der Waals surface area contributed by atoms with Crippen molar-refractivity contribution in [2.75, 3.05) is 24.8 Å². The van der Waals surface area contributed by atoms with Crippen LogP contribution in [0.15, 0.2) is 41.3 Å². The van der Waals surface area contributed by atoms with Crippen molar-refractivity contribution >= 4 is 40.8 Å². The summed E-state index contributed by atoms with van der Waals surface area (Å²) in [6.07, 6.45) is 1.92. The number of ether oxygens (including phenoxy) is 1. The Morgan fingerprint density at radius 3 is 2.61 bits per heavy atom. The first-order valence-electron chi connectivity index (χ1n) is 8.24. The molecule has 2 aromatic rings. The Balaban J connectivity index is 1.69. The molecule has 8 nitrogen and oxygen atoms in total. The van der Waals surface area contributed by atoms with E-state index in [9.17, 15) is 24.5 Å². The Hall–Kier alpha value is -3.20. The van der Waals surface area contributed by atoms with Gasteiger partial charge in [0, 0.05) is 24.4 Å². The molecule has 0 aromatic heterocycles. The van der Waals surface area contributed by atoms with E-state index < -0.39 is 23.3 Å². The lowest BCUT2D eigenvalue weighted by Gasteiger charge is -2.10. The summed E-state index contributed by atoms with van der Waals surface area (Å²) in [5, 5.41) is 11.1. The van der Waals surface area contributed by atoms with Crippen molar-refractivity contribution in [3.8, 4) is 0 Å². The lowest BCUT2D eigenvalue weighted by atomic mass is 10.1. The van der Waals surface area contributed by atoms with E-state index >= 15 is 0 Å². The Bertz CT molecular complexity index is 1000. The number of nitro groups is 1. The fourth-order valence-corrected chi connectivity index (χ4v) is 3.45. The fraction of sp³-hybridized carbons (Fsp3) is 0.211. The number of rotatable bonds is 6. The van der Waals surface area contributed by atoms with Crippen LogP contribution in [0.2, 0.25) is 0 Å². The molecule has 0 radical (unpaired) electrons. The normalized spacial score (nSPS) is 12.6. The maximum atomic E-state index is 12.3. The van der Waals surface area contributed by atoms with E-state index in [1.165, 1.54) is 28.8 Å². The summed E-state index contributed by atoms with van der Waals surface area (Å²) >= 11 is 1.19. The monoisotopic (exact) mass is 400 g/mol. The van der Waals surface area contributed by atoms with E-state index in [4.69, 9.17) is 4.74 Å². The molecule has 0 aliphatic carbocycles. The van der Waals surface area contributed by atoms with Gasteiger partial charge in [0.2, 0.25) is 5.91 Å². The number of amides is 1. The molecule has 0 saturated carbocycles.